The summed E-state index contributed by atoms with van der Waals surface area (Å²) in [7, 11) is 0. The molecule has 0 spiro atoms. The first-order valence-electron chi connectivity index (χ1n) is 5.77. The lowest BCUT2D eigenvalue weighted by atomic mass is 10.0. The van der Waals surface area contributed by atoms with Crippen LogP contribution in [0.2, 0.25) is 0 Å². The van der Waals surface area contributed by atoms with Crippen LogP contribution in [0.5, 0.6) is 5.75 Å². The monoisotopic (exact) mass is 332 g/mol. The van der Waals surface area contributed by atoms with E-state index in [9.17, 15) is 15.1 Å². The van der Waals surface area contributed by atoms with E-state index in [-0.39, 0.29) is 11.4 Å². The predicted molar refractivity (Wildman–Crippen MR) is 78.0 cm³/mol. The molecule has 100 valence electrons. The number of pyridine rings is 2. The molecule has 2 aromatic heterocycles. The van der Waals surface area contributed by atoms with Gasteiger partial charge in [0.1, 0.15) is 5.75 Å². The second kappa shape index (κ2) is 4.64. The molecule has 0 unspecified atom stereocenters. The Labute approximate surface area is 121 Å². The van der Waals surface area contributed by atoms with Crippen molar-refractivity contribution in [3.63, 3.8) is 0 Å². The van der Waals surface area contributed by atoms with E-state index in [0.717, 1.165) is 16.1 Å². The molecule has 0 fully saturated rings. The molecule has 0 atom stereocenters. The lowest BCUT2D eigenvalue weighted by Crippen LogP contribution is -2.17. The Morgan fingerprint density at radius 2 is 2.00 bits per heavy atom. The number of hydrogen-bond donors (Lipinski definition) is 2. The molecular weight excluding hydrogens is 324 g/mol. The first-order chi connectivity index (χ1) is 9.58. The van der Waals surface area contributed by atoms with Crippen molar-refractivity contribution >= 4 is 27.0 Å². The zero-order valence-electron chi connectivity index (χ0n) is 10.1. The van der Waals surface area contributed by atoms with Gasteiger partial charge in [-0.15, -0.1) is 4.73 Å². The van der Waals surface area contributed by atoms with E-state index in [2.05, 4.69) is 20.9 Å². The summed E-state index contributed by atoms with van der Waals surface area (Å²) in [6.45, 7) is 0. The Morgan fingerprint density at radius 1 is 1.20 bits per heavy atom. The van der Waals surface area contributed by atoms with Crippen molar-refractivity contribution < 1.29 is 10.3 Å². The van der Waals surface area contributed by atoms with Gasteiger partial charge in [-0.25, -0.2) is 4.98 Å². The highest BCUT2D eigenvalue weighted by Crippen LogP contribution is 2.33. The van der Waals surface area contributed by atoms with E-state index < -0.39 is 5.56 Å². The molecule has 0 aliphatic carbocycles. The Kier molecular flexibility index (Phi) is 2.94. The average molecular weight is 333 g/mol. The zero-order valence-corrected chi connectivity index (χ0v) is 11.7. The van der Waals surface area contributed by atoms with Gasteiger partial charge in [0.25, 0.3) is 5.56 Å². The topological polar surface area (TPSA) is 75.3 Å². The molecule has 0 aliphatic rings. The van der Waals surface area contributed by atoms with Crippen LogP contribution in [0.1, 0.15) is 0 Å². The SMILES string of the molecule is O=c1cc(O)c2c(-c3cccc(Br)c3)ccnc2n1O. The second-order valence-electron chi connectivity index (χ2n) is 4.25. The molecule has 5 nitrogen and oxygen atoms in total. The van der Waals surface area contributed by atoms with Crippen LogP contribution in [0.4, 0.5) is 0 Å². The average Bonchev–Trinajstić information content (AvgIpc) is 2.44. The van der Waals surface area contributed by atoms with Gasteiger partial charge >= 0.3 is 0 Å². The van der Waals surface area contributed by atoms with Crippen LogP contribution in [-0.4, -0.2) is 20.0 Å². The maximum absolute atomic E-state index is 11.5. The number of fused-ring (bicyclic) bond motifs is 1. The standard InChI is InChI=1S/C14H9BrN2O3/c15-9-3-1-2-8(6-9)10-4-5-16-14-13(10)11(18)7-12(19)17(14)20/h1-7,18,20H. The molecular formula is C14H9BrN2O3. The Morgan fingerprint density at radius 3 is 2.75 bits per heavy atom. The molecule has 0 radical (unpaired) electrons. The van der Waals surface area contributed by atoms with Gasteiger partial charge < -0.3 is 10.3 Å². The minimum Gasteiger partial charge on any atom is -0.507 e. The van der Waals surface area contributed by atoms with E-state index in [1.54, 1.807) is 6.07 Å². The van der Waals surface area contributed by atoms with Crippen molar-refractivity contribution in [3.8, 4) is 16.9 Å². The normalized spacial score (nSPS) is 10.8. The van der Waals surface area contributed by atoms with Gasteiger partial charge in [-0.2, -0.15) is 0 Å². The highest BCUT2D eigenvalue weighted by atomic mass is 79.9. The van der Waals surface area contributed by atoms with Gasteiger partial charge in [-0.3, -0.25) is 4.79 Å². The number of rotatable bonds is 1. The number of halogens is 1. The van der Waals surface area contributed by atoms with Crippen molar-refractivity contribution in [1.29, 1.82) is 0 Å². The van der Waals surface area contributed by atoms with Crippen molar-refractivity contribution in [2.24, 2.45) is 0 Å². The minimum atomic E-state index is -0.728. The van der Waals surface area contributed by atoms with Gasteiger partial charge in [0, 0.05) is 16.7 Å². The van der Waals surface area contributed by atoms with Gasteiger partial charge in [-0.1, -0.05) is 28.1 Å². The Hall–Kier alpha value is -2.34. The molecule has 0 amide bonds. The summed E-state index contributed by atoms with van der Waals surface area (Å²) in [5.41, 5.74) is 0.804. The molecule has 0 bridgehead atoms. The fraction of sp³-hybridized carbons (Fsp3) is 0. The van der Waals surface area contributed by atoms with Crippen LogP contribution in [0.15, 0.2) is 51.9 Å². The maximum atomic E-state index is 11.5. The van der Waals surface area contributed by atoms with Crippen LogP contribution in [-0.2, 0) is 0 Å². The lowest BCUT2D eigenvalue weighted by Gasteiger charge is -2.09. The van der Waals surface area contributed by atoms with Crippen molar-refractivity contribution in [2.75, 3.05) is 0 Å². The third kappa shape index (κ3) is 1.94. The van der Waals surface area contributed by atoms with E-state index in [1.807, 2.05) is 24.3 Å². The van der Waals surface area contributed by atoms with Crippen molar-refractivity contribution in [2.45, 2.75) is 0 Å². The van der Waals surface area contributed by atoms with E-state index in [1.165, 1.54) is 6.20 Å². The molecule has 6 heteroatoms. The molecule has 2 N–H and O–H groups in total. The summed E-state index contributed by atoms with van der Waals surface area (Å²) in [6.07, 6.45) is 1.48. The summed E-state index contributed by atoms with van der Waals surface area (Å²) in [5.74, 6) is -0.210. The third-order valence-electron chi connectivity index (χ3n) is 2.99. The van der Waals surface area contributed by atoms with Crippen molar-refractivity contribution in [1.82, 2.24) is 9.71 Å². The van der Waals surface area contributed by atoms with Crippen molar-refractivity contribution in [3.05, 3.63) is 57.4 Å². The fourth-order valence-corrected chi connectivity index (χ4v) is 2.51. The third-order valence-corrected chi connectivity index (χ3v) is 3.49. The first kappa shape index (κ1) is 12.7. The van der Waals surface area contributed by atoms with Gasteiger partial charge in [0.2, 0.25) is 0 Å². The number of aromatic hydroxyl groups is 1. The molecule has 3 aromatic rings. The highest BCUT2D eigenvalue weighted by molar-refractivity contribution is 9.10. The zero-order chi connectivity index (χ0) is 14.3. The molecule has 0 saturated heterocycles. The quantitative estimate of drug-likeness (QED) is 0.672. The van der Waals surface area contributed by atoms with Gasteiger partial charge in [-0.05, 0) is 29.3 Å². The van der Waals surface area contributed by atoms with Crippen LogP contribution < -0.4 is 5.56 Å². The number of benzene rings is 1. The number of nitrogens with zero attached hydrogens (tertiary/aromatic N) is 2. The number of aromatic nitrogens is 2. The highest BCUT2D eigenvalue weighted by Gasteiger charge is 2.14. The fourth-order valence-electron chi connectivity index (χ4n) is 2.12. The van der Waals surface area contributed by atoms with Gasteiger partial charge in [0.05, 0.1) is 5.39 Å². The Balaban J connectivity index is 2.44. The molecule has 20 heavy (non-hydrogen) atoms. The first-order valence-corrected chi connectivity index (χ1v) is 6.56. The van der Waals surface area contributed by atoms with Crippen LogP contribution in [0.3, 0.4) is 0 Å². The molecule has 0 aliphatic heterocycles. The lowest BCUT2D eigenvalue weighted by molar-refractivity contribution is 0.186. The summed E-state index contributed by atoms with van der Waals surface area (Å²) < 4.78 is 1.31. The van der Waals surface area contributed by atoms with Crippen LogP contribution in [0, 0.1) is 0 Å². The molecule has 3 rings (SSSR count). The minimum absolute atomic E-state index is 0.0208. The molecule has 2 heterocycles. The smallest absolute Gasteiger partial charge is 0.288 e. The van der Waals surface area contributed by atoms with E-state index >= 15 is 0 Å². The van der Waals surface area contributed by atoms with Crippen LogP contribution >= 0.6 is 15.9 Å². The molecule has 0 saturated carbocycles. The second-order valence-corrected chi connectivity index (χ2v) is 5.16. The largest absolute Gasteiger partial charge is 0.507 e. The Bertz CT molecular complexity index is 874. The summed E-state index contributed by atoms with van der Waals surface area (Å²) >= 11 is 3.39. The van der Waals surface area contributed by atoms with E-state index in [0.29, 0.717) is 15.7 Å². The summed E-state index contributed by atoms with van der Waals surface area (Å²) in [4.78, 5) is 15.4. The summed E-state index contributed by atoms with van der Waals surface area (Å²) in [6, 6.07) is 10.2. The number of hydrogen-bond acceptors (Lipinski definition) is 4. The summed E-state index contributed by atoms with van der Waals surface area (Å²) in [5, 5.41) is 20.1. The molecule has 1 aromatic carbocycles. The van der Waals surface area contributed by atoms with Gasteiger partial charge in [0.15, 0.2) is 5.65 Å². The van der Waals surface area contributed by atoms with Crippen LogP contribution in [0.25, 0.3) is 22.2 Å². The van der Waals surface area contributed by atoms with E-state index in [4.69, 9.17) is 0 Å². The predicted octanol–water partition coefficient (Wildman–Crippen LogP) is 2.77. The maximum Gasteiger partial charge on any atom is 0.288 e.